The van der Waals surface area contributed by atoms with Gasteiger partial charge in [-0.3, -0.25) is 0 Å². The van der Waals surface area contributed by atoms with E-state index in [4.69, 9.17) is 14.7 Å². The fraction of sp³-hybridized carbons (Fsp3) is 0.467. The zero-order valence-corrected chi connectivity index (χ0v) is 24.4. The molecule has 0 saturated heterocycles. The van der Waals surface area contributed by atoms with Crippen LogP contribution in [-0.2, 0) is 11.3 Å². The van der Waals surface area contributed by atoms with Crippen molar-refractivity contribution < 1.29 is 28.8 Å². The molecule has 2 aromatic heterocycles. The molecule has 0 aliphatic heterocycles. The Labute approximate surface area is 251 Å². The predicted molar refractivity (Wildman–Crippen MR) is 157 cm³/mol. The van der Waals surface area contributed by atoms with Gasteiger partial charge in [-0.25, -0.2) is 23.4 Å². The Kier molecular flexibility index (Phi) is 8.87. The van der Waals surface area contributed by atoms with Gasteiger partial charge in [-0.1, -0.05) is 60.3 Å². The van der Waals surface area contributed by atoms with Gasteiger partial charge in [0.15, 0.2) is 33.8 Å². The van der Waals surface area contributed by atoms with E-state index in [1.807, 2.05) is 30.3 Å². The predicted octanol–water partition coefficient (Wildman–Crippen LogP) is 3.61. The summed E-state index contributed by atoms with van der Waals surface area (Å²) in [7, 11) is 0. The average molecular weight is 613 g/mol. The van der Waals surface area contributed by atoms with E-state index < -0.39 is 36.0 Å². The highest BCUT2D eigenvalue weighted by Crippen LogP contribution is 2.48. The van der Waals surface area contributed by atoms with Crippen LogP contribution in [0, 0.1) is 11.6 Å². The van der Waals surface area contributed by atoms with E-state index in [2.05, 4.69) is 22.1 Å². The quantitative estimate of drug-likeness (QED) is 0.161. The minimum absolute atomic E-state index is 0.0400. The smallest absolute Gasteiger partial charge is 0.191 e. The topological polar surface area (TPSA) is 130 Å². The monoisotopic (exact) mass is 612 g/mol. The minimum Gasteiger partial charge on any atom is -0.394 e. The van der Waals surface area contributed by atoms with Crippen molar-refractivity contribution in [3.05, 3.63) is 71.3 Å². The molecule has 10 nitrogen and oxygen atoms in total. The van der Waals surface area contributed by atoms with E-state index in [0.29, 0.717) is 40.7 Å². The molecule has 0 amide bonds. The SMILES string of the molecule is CCCSc1nc(N(Cc2ccccc2)C2C[C@H]2c2ccc(F)c(F)c2)c2nnn([C@@H]3C[C@H](OCCO)C(O)C3O)c2n1. The number of hydrogen-bond donors (Lipinski definition) is 3. The summed E-state index contributed by atoms with van der Waals surface area (Å²) in [5.74, 6) is -0.441. The number of fused-ring (bicyclic) bond motifs is 1. The first-order valence-corrected chi connectivity index (χ1v) is 15.5. The first-order chi connectivity index (χ1) is 20.9. The molecule has 2 heterocycles. The van der Waals surface area contributed by atoms with Crippen LogP contribution in [0.3, 0.4) is 0 Å². The lowest BCUT2D eigenvalue weighted by atomic mass is 10.1. The van der Waals surface area contributed by atoms with E-state index in [9.17, 15) is 24.1 Å². The van der Waals surface area contributed by atoms with Gasteiger partial charge in [0, 0.05) is 30.7 Å². The molecule has 3 N–H and O–H groups in total. The molecule has 13 heteroatoms. The molecule has 3 unspecified atom stereocenters. The van der Waals surface area contributed by atoms with Crippen LogP contribution in [-0.4, -0.2) is 83.6 Å². The Morgan fingerprint density at radius 3 is 2.60 bits per heavy atom. The zero-order valence-electron chi connectivity index (χ0n) is 23.6. The summed E-state index contributed by atoms with van der Waals surface area (Å²) in [6, 6.07) is 13.2. The van der Waals surface area contributed by atoms with Gasteiger partial charge in [-0.2, -0.15) is 0 Å². The third kappa shape index (κ3) is 6.09. The van der Waals surface area contributed by atoms with Crippen LogP contribution in [0.1, 0.15) is 49.3 Å². The second-order valence-corrected chi connectivity index (χ2v) is 12.1. The molecular formula is C30H34F2N6O4S. The molecule has 2 saturated carbocycles. The molecule has 2 fully saturated rings. The van der Waals surface area contributed by atoms with Gasteiger partial charge in [0.1, 0.15) is 12.2 Å². The van der Waals surface area contributed by atoms with Crippen molar-refractivity contribution >= 4 is 28.7 Å². The van der Waals surface area contributed by atoms with Gasteiger partial charge in [-0.05, 0) is 36.1 Å². The minimum atomic E-state index is -1.18. The van der Waals surface area contributed by atoms with Gasteiger partial charge in [0.2, 0.25) is 0 Å². The molecule has 2 aliphatic carbocycles. The van der Waals surface area contributed by atoms with Crippen molar-refractivity contribution in [1.29, 1.82) is 0 Å². The molecule has 4 aromatic rings. The lowest BCUT2D eigenvalue weighted by molar-refractivity contribution is -0.0629. The number of anilines is 1. The summed E-state index contributed by atoms with van der Waals surface area (Å²) < 4.78 is 35.0. The zero-order chi connectivity index (χ0) is 30.1. The number of aromatic nitrogens is 5. The van der Waals surface area contributed by atoms with Crippen LogP contribution in [0.5, 0.6) is 0 Å². The molecule has 0 spiro atoms. The Bertz CT molecular complexity index is 1560. The van der Waals surface area contributed by atoms with Crippen LogP contribution < -0.4 is 4.90 Å². The second-order valence-electron chi connectivity index (χ2n) is 11.0. The first-order valence-electron chi connectivity index (χ1n) is 14.5. The molecule has 43 heavy (non-hydrogen) atoms. The summed E-state index contributed by atoms with van der Waals surface area (Å²) in [6.07, 6.45) is -1.15. The first kappa shape index (κ1) is 29.8. The normalized spacial score (nSPS) is 25.0. The standard InChI is InChI=1S/C30H34F2N6O4S/c1-2-12-43-30-33-28(25-29(34-30)38(36-35-25)23-15-24(42-11-10-39)27(41)26(23)40)37(16-17-6-4-3-5-7-17)22-14-19(22)18-8-9-20(31)21(32)13-18/h3-9,13,19,22-24,26-27,39-41H,2,10-12,14-16H2,1H3/t19-,22?,23+,24-,26?,27?/m0/s1. The molecule has 2 aliphatic rings. The molecule has 2 aromatic carbocycles. The molecular weight excluding hydrogens is 578 g/mol. The maximum absolute atomic E-state index is 14.2. The van der Waals surface area contributed by atoms with Crippen LogP contribution in [0.4, 0.5) is 14.6 Å². The third-order valence-corrected chi connectivity index (χ3v) is 9.11. The van der Waals surface area contributed by atoms with Crippen molar-refractivity contribution in [2.75, 3.05) is 23.9 Å². The third-order valence-electron chi connectivity index (χ3n) is 8.05. The van der Waals surface area contributed by atoms with E-state index in [-0.39, 0.29) is 31.6 Å². The fourth-order valence-corrected chi connectivity index (χ4v) is 6.50. The van der Waals surface area contributed by atoms with Gasteiger partial charge in [0.05, 0.1) is 25.4 Å². The van der Waals surface area contributed by atoms with Gasteiger partial charge in [-0.15, -0.1) is 5.10 Å². The number of ether oxygens (including phenoxy) is 1. The molecule has 0 bridgehead atoms. The maximum atomic E-state index is 14.2. The number of halogens is 2. The number of aliphatic hydroxyl groups excluding tert-OH is 3. The van der Waals surface area contributed by atoms with Gasteiger partial charge in [0.25, 0.3) is 0 Å². The number of thioether (sulfide) groups is 1. The highest BCUT2D eigenvalue weighted by atomic mass is 32.2. The van der Waals surface area contributed by atoms with Crippen LogP contribution in [0.15, 0.2) is 53.7 Å². The molecule has 0 radical (unpaired) electrons. The number of hydrogen-bond acceptors (Lipinski definition) is 10. The van der Waals surface area contributed by atoms with Crippen molar-refractivity contribution in [2.45, 2.75) is 74.2 Å². The average Bonchev–Trinajstić information content (AvgIpc) is 3.62. The van der Waals surface area contributed by atoms with E-state index >= 15 is 0 Å². The highest BCUT2D eigenvalue weighted by molar-refractivity contribution is 7.99. The molecule has 228 valence electrons. The van der Waals surface area contributed by atoms with Crippen LogP contribution in [0.25, 0.3) is 11.2 Å². The fourth-order valence-electron chi connectivity index (χ4n) is 5.81. The van der Waals surface area contributed by atoms with Crippen molar-refractivity contribution in [1.82, 2.24) is 25.0 Å². The molecule has 6 atom stereocenters. The van der Waals surface area contributed by atoms with Gasteiger partial charge >= 0.3 is 0 Å². The summed E-state index contributed by atoms with van der Waals surface area (Å²) in [6.45, 7) is 2.40. The number of benzene rings is 2. The van der Waals surface area contributed by atoms with Crippen molar-refractivity contribution in [2.24, 2.45) is 0 Å². The Morgan fingerprint density at radius 1 is 1.05 bits per heavy atom. The summed E-state index contributed by atoms with van der Waals surface area (Å²) in [5.41, 5.74) is 2.62. The highest BCUT2D eigenvalue weighted by Gasteiger charge is 2.47. The maximum Gasteiger partial charge on any atom is 0.191 e. The number of rotatable bonds is 12. The second kappa shape index (κ2) is 12.8. The Hall–Kier alpha value is -3.23. The Morgan fingerprint density at radius 2 is 1.86 bits per heavy atom. The lowest BCUT2D eigenvalue weighted by Gasteiger charge is -2.25. The Balaban J connectivity index is 1.41. The van der Waals surface area contributed by atoms with E-state index in [1.165, 1.54) is 22.5 Å². The summed E-state index contributed by atoms with van der Waals surface area (Å²) in [5, 5.41) is 40.2. The van der Waals surface area contributed by atoms with Crippen molar-refractivity contribution in [3.8, 4) is 0 Å². The molecule has 6 rings (SSSR count). The largest absolute Gasteiger partial charge is 0.394 e. The van der Waals surface area contributed by atoms with Crippen LogP contribution in [0.2, 0.25) is 0 Å². The number of aliphatic hydroxyl groups is 3. The van der Waals surface area contributed by atoms with E-state index in [1.54, 1.807) is 6.07 Å². The lowest BCUT2D eigenvalue weighted by Crippen LogP contribution is -2.33. The van der Waals surface area contributed by atoms with E-state index in [0.717, 1.165) is 23.8 Å². The van der Waals surface area contributed by atoms with Crippen molar-refractivity contribution in [3.63, 3.8) is 0 Å². The van der Waals surface area contributed by atoms with Gasteiger partial charge < -0.3 is 25.0 Å². The van der Waals surface area contributed by atoms with Crippen LogP contribution >= 0.6 is 11.8 Å². The summed E-state index contributed by atoms with van der Waals surface area (Å²) >= 11 is 1.50. The number of nitrogens with zero attached hydrogens (tertiary/aromatic N) is 6. The summed E-state index contributed by atoms with van der Waals surface area (Å²) in [4.78, 5) is 11.9.